The van der Waals surface area contributed by atoms with Crippen LogP contribution in [0.15, 0.2) is 47.4 Å². The number of rotatable bonds is 9. The van der Waals surface area contributed by atoms with Crippen molar-refractivity contribution in [2.75, 3.05) is 18.3 Å². The lowest BCUT2D eigenvalue weighted by molar-refractivity contribution is -0.137. The number of carbonyl (C=O) groups is 1. The summed E-state index contributed by atoms with van der Waals surface area (Å²) in [6.45, 7) is 0.991. The van der Waals surface area contributed by atoms with E-state index >= 15 is 0 Å². The van der Waals surface area contributed by atoms with Crippen molar-refractivity contribution in [2.24, 2.45) is 0 Å². The third-order valence-corrected chi connectivity index (χ3v) is 6.27. The van der Waals surface area contributed by atoms with Crippen LogP contribution in [0.2, 0.25) is 0 Å². The summed E-state index contributed by atoms with van der Waals surface area (Å²) in [5, 5.41) is 12.2. The lowest BCUT2D eigenvalue weighted by Gasteiger charge is -2.11. The van der Waals surface area contributed by atoms with Crippen molar-refractivity contribution in [1.82, 2.24) is 4.57 Å². The van der Waals surface area contributed by atoms with Crippen LogP contribution in [0.3, 0.4) is 0 Å². The standard InChI is InChI=1S/C19H20N2O8S2/c1-12-19(31(26,27)29-14-6-3-5-13(9-14)28-2)18-15(20-11-30(24)25)7-4-8-16(18)21(12)10-17(22)23/h3-9,20H,10-11H2,1-2H3,(H,22,23)(H,24,25). The first-order valence-electron chi connectivity index (χ1n) is 8.87. The Bertz CT molecular complexity index is 1270. The van der Waals surface area contributed by atoms with Gasteiger partial charge in [0.05, 0.1) is 12.6 Å². The van der Waals surface area contributed by atoms with E-state index in [1.54, 1.807) is 24.3 Å². The van der Waals surface area contributed by atoms with E-state index in [9.17, 15) is 22.5 Å². The number of benzene rings is 2. The van der Waals surface area contributed by atoms with Crippen LogP contribution in [-0.2, 0) is 32.5 Å². The number of carboxylic acid groups (broad SMARTS) is 1. The van der Waals surface area contributed by atoms with Crippen LogP contribution < -0.4 is 14.2 Å². The van der Waals surface area contributed by atoms with Crippen molar-refractivity contribution in [3.63, 3.8) is 0 Å². The SMILES string of the molecule is COc1cccc(OS(=O)(=O)c2c(C)n(CC(=O)O)c3cccc(NCS(=O)O)c23)c1. The molecule has 10 nitrogen and oxygen atoms in total. The van der Waals surface area contributed by atoms with Gasteiger partial charge in [-0.05, 0) is 31.2 Å². The Morgan fingerprint density at radius 3 is 2.52 bits per heavy atom. The van der Waals surface area contributed by atoms with E-state index in [4.69, 9.17) is 13.5 Å². The third-order valence-electron chi connectivity index (χ3n) is 4.47. The van der Waals surface area contributed by atoms with Crippen LogP contribution in [0.1, 0.15) is 5.69 Å². The second-order valence-electron chi connectivity index (χ2n) is 6.45. The van der Waals surface area contributed by atoms with E-state index in [-0.39, 0.29) is 33.3 Å². The zero-order valence-electron chi connectivity index (χ0n) is 16.6. The van der Waals surface area contributed by atoms with Crippen molar-refractivity contribution in [1.29, 1.82) is 0 Å². The monoisotopic (exact) mass is 468 g/mol. The maximum atomic E-state index is 13.3. The highest BCUT2D eigenvalue weighted by Crippen LogP contribution is 2.37. The molecule has 0 fully saturated rings. The van der Waals surface area contributed by atoms with Gasteiger partial charge < -0.3 is 28.5 Å². The summed E-state index contributed by atoms with van der Waals surface area (Å²) in [7, 11) is -2.99. The van der Waals surface area contributed by atoms with E-state index in [1.165, 1.54) is 36.8 Å². The molecule has 12 heteroatoms. The van der Waals surface area contributed by atoms with Gasteiger partial charge in [-0.15, -0.1) is 0 Å². The zero-order valence-corrected chi connectivity index (χ0v) is 18.2. The normalized spacial score (nSPS) is 12.5. The van der Waals surface area contributed by atoms with Crippen molar-refractivity contribution in [3.05, 3.63) is 48.2 Å². The summed E-state index contributed by atoms with van der Waals surface area (Å²) in [5.74, 6) is -1.10. The Labute approximate surface area is 180 Å². The zero-order chi connectivity index (χ0) is 22.8. The summed E-state index contributed by atoms with van der Waals surface area (Å²) >= 11 is -2.19. The summed E-state index contributed by atoms with van der Waals surface area (Å²) < 4.78 is 58.5. The van der Waals surface area contributed by atoms with Gasteiger partial charge in [0.1, 0.15) is 28.8 Å². The molecule has 0 spiro atoms. The fourth-order valence-corrected chi connectivity index (χ4v) is 4.90. The number of nitrogens with one attached hydrogen (secondary N) is 1. The number of hydrogen-bond acceptors (Lipinski definition) is 7. The third kappa shape index (κ3) is 4.81. The van der Waals surface area contributed by atoms with Gasteiger partial charge in [-0.1, -0.05) is 12.1 Å². The van der Waals surface area contributed by atoms with Crippen LogP contribution in [0, 0.1) is 6.92 Å². The van der Waals surface area contributed by atoms with Gasteiger partial charge >= 0.3 is 16.1 Å². The molecule has 3 rings (SSSR count). The molecule has 0 radical (unpaired) electrons. The first-order chi connectivity index (χ1) is 14.6. The number of aromatic nitrogens is 1. The highest BCUT2D eigenvalue weighted by molar-refractivity contribution is 7.87. The molecule has 0 bridgehead atoms. The smallest absolute Gasteiger partial charge is 0.341 e. The fraction of sp³-hybridized carbons (Fsp3) is 0.211. The molecule has 0 aliphatic carbocycles. The number of aliphatic carboxylic acids is 1. The van der Waals surface area contributed by atoms with Crippen LogP contribution in [0.25, 0.3) is 10.9 Å². The second-order valence-corrected chi connectivity index (χ2v) is 8.87. The van der Waals surface area contributed by atoms with E-state index in [2.05, 4.69) is 5.32 Å². The Morgan fingerprint density at radius 2 is 1.87 bits per heavy atom. The van der Waals surface area contributed by atoms with Gasteiger partial charge in [0, 0.05) is 22.8 Å². The molecule has 0 saturated carbocycles. The number of ether oxygens (including phenoxy) is 1. The molecular formula is C19H20N2O8S2. The Balaban J connectivity index is 2.22. The van der Waals surface area contributed by atoms with Gasteiger partial charge in [0.25, 0.3) is 0 Å². The highest BCUT2D eigenvalue weighted by Gasteiger charge is 2.29. The van der Waals surface area contributed by atoms with Gasteiger partial charge in [-0.2, -0.15) is 8.42 Å². The summed E-state index contributed by atoms with van der Waals surface area (Å²) in [5.41, 5.74) is 0.723. The number of methoxy groups -OCH3 is 1. The first-order valence-corrected chi connectivity index (χ1v) is 11.6. The average Bonchev–Trinajstić information content (AvgIpc) is 2.98. The van der Waals surface area contributed by atoms with Crippen molar-refractivity contribution < 1.29 is 36.0 Å². The summed E-state index contributed by atoms with van der Waals surface area (Å²) in [6.07, 6.45) is 0. The molecular weight excluding hydrogens is 448 g/mol. The average molecular weight is 469 g/mol. The van der Waals surface area contributed by atoms with Crippen molar-refractivity contribution in [3.8, 4) is 11.5 Å². The molecule has 1 unspecified atom stereocenters. The summed E-state index contributed by atoms with van der Waals surface area (Å²) in [6, 6.07) is 10.7. The molecule has 166 valence electrons. The molecule has 0 amide bonds. The van der Waals surface area contributed by atoms with Crippen LogP contribution in [-0.4, -0.2) is 45.8 Å². The summed E-state index contributed by atoms with van der Waals surface area (Å²) in [4.78, 5) is 11.1. The lowest BCUT2D eigenvalue weighted by Crippen LogP contribution is -2.14. The molecule has 2 aromatic carbocycles. The van der Waals surface area contributed by atoms with E-state index in [0.29, 0.717) is 11.3 Å². The number of anilines is 1. The predicted molar refractivity (Wildman–Crippen MR) is 114 cm³/mol. The molecule has 1 aromatic heterocycles. The molecule has 0 saturated heterocycles. The highest BCUT2D eigenvalue weighted by atomic mass is 32.2. The number of hydrogen-bond donors (Lipinski definition) is 3. The molecule has 3 aromatic rings. The molecule has 3 N–H and O–H groups in total. The maximum Gasteiger partial charge on any atom is 0.341 e. The Kier molecular flexibility index (Phi) is 6.53. The van der Waals surface area contributed by atoms with Crippen molar-refractivity contribution in [2.45, 2.75) is 18.4 Å². The van der Waals surface area contributed by atoms with E-state index < -0.39 is 33.7 Å². The van der Waals surface area contributed by atoms with E-state index in [0.717, 1.165) is 0 Å². The first kappa shape index (κ1) is 22.6. The van der Waals surface area contributed by atoms with Gasteiger partial charge in [-0.3, -0.25) is 4.79 Å². The second kappa shape index (κ2) is 8.96. The minimum absolute atomic E-state index is 0.0137. The van der Waals surface area contributed by atoms with Crippen LogP contribution in [0.5, 0.6) is 11.5 Å². The van der Waals surface area contributed by atoms with Gasteiger partial charge in [0.2, 0.25) is 0 Å². The minimum Gasteiger partial charge on any atom is -0.497 e. The van der Waals surface area contributed by atoms with Gasteiger partial charge in [-0.25, -0.2) is 4.21 Å². The maximum absolute atomic E-state index is 13.3. The molecule has 0 aliphatic heterocycles. The molecule has 0 aliphatic rings. The quantitative estimate of drug-likeness (QED) is 0.318. The van der Waals surface area contributed by atoms with Crippen LogP contribution >= 0.6 is 0 Å². The Morgan fingerprint density at radius 1 is 1.19 bits per heavy atom. The number of carboxylic acids is 1. The molecule has 31 heavy (non-hydrogen) atoms. The Hall–Kier alpha value is -3.09. The number of nitrogens with zero attached hydrogens (tertiary/aromatic N) is 1. The van der Waals surface area contributed by atoms with Gasteiger partial charge in [0.15, 0.2) is 11.1 Å². The largest absolute Gasteiger partial charge is 0.497 e. The molecule has 1 atom stereocenters. The predicted octanol–water partition coefficient (Wildman–Crippen LogP) is 2.40. The lowest BCUT2D eigenvalue weighted by atomic mass is 10.2. The fourth-order valence-electron chi connectivity index (χ4n) is 3.24. The molecule has 1 heterocycles. The minimum atomic E-state index is -4.42. The topological polar surface area (TPSA) is 144 Å². The van der Waals surface area contributed by atoms with E-state index in [1.807, 2.05) is 0 Å². The number of fused-ring (bicyclic) bond motifs is 1. The van der Waals surface area contributed by atoms with Crippen LogP contribution in [0.4, 0.5) is 5.69 Å². The van der Waals surface area contributed by atoms with Crippen molar-refractivity contribution >= 4 is 43.8 Å².